The van der Waals surface area contributed by atoms with Crippen molar-refractivity contribution in [2.24, 2.45) is 0 Å². The van der Waals surface area contributed by atoms with Crippen LogP contribution >= 0.6 is 11.3 Å². The lowest BCUT2D eigenvalue weighted by Gasteiger charge is -1.89. The number of rotatable bonds is 4. The number of carbonyl (C=O) groups is 2. The largest absolute Gasteiger partial charge is 0.478 e. The average molecular weight is 372 g/mol. The van der Waals surface area contributed by atoms with Crippen molar-refractivity contribution in [3.8, 4) is 0 Å². The molecule has 136 valence electrons. The van der Waals surface area contributed by atoms with Gasteiger partial charge in [0.15, 0.2) is 0 Å². The molecule has 0 saturated heterocycles. The Morgan fingerprint density at radius 1 is 0.808 bits per heavy atom. The van der Waals surface area contributed by atoms with E-state index in [-0.39, 0.29) is 0 Å². The summed E-state index contributed by atoms with van der Waals surface area (Å²) in [6, 6.07) is 20.7. The summed E-state index contributed by atoms with van der Waals surface area (Å²) in [5.74, 6) is -1.76. The molecule has 2 N–H and O–H groups in total. The molecule has 1 heterocycles. The fraction of sp³-hybridized carbons (Fsp3) is 0.100. The standard InChI is InChI=1S/2C7H6O2.C6H8OS/c2*8-7(9)6-4-2-1-3-5-6;1-7-5-6-3-2-4-8-6/h2*1-5H,(H,8,9);2-4H,5H2,1H3. The Kier molecular flexibility index (Phi) is 10.1. The molecule has 0 radical (unpaired) electrons. The summed E-state index contributed by atoms with van der Waals surface area (Å²) in [6.45, 7) is 0.748. The summed E-state index contributed by atoms with van der Waals surface area (Å²) >= 11 is 1.72. The highest BCUT2D eigenvalue weighted by atomic mass is 32.1. The van der Waals surface area contributed by atoms with Crippen molar-refractivity contribution >= 4 is 23.3 Å². The van der Waals surface area contributed by atoms with Gasteiger partial charge in [-0.3, -0.25) is 0 Å². The van der Waals surface area contributed by atoms with Gasteiger partial charge in [0, 0.05) is 12.0 Å². The van der Waals surface area contributed by atoms with E-state index in [4.69, 9.17) is 14.9 Å². The van der Waals surface area contributed by atoms with Crippen LogP contribution in [0.25, 0.3) is 0 Å². The molecule has 6 heteroatoms. The van der Waals surface area contributed by atoms with Crippen LogP contribution < -0.4 is 0 Å². The van der Waals surface area contributed by atoms with Gasteiger partial charge in [0.2, 0.25) is 0 Å². The van der Waals surface area contributed by atoms with E-state index in [0.717, 1.165) is 6.61 Å². The Hall–Kier alpha value is -2.96. The number of benzene rings is 2. The van der Waals surface area contributed by atoms with Gasteiger partial charge in [-0.15, -0.1) is 11.3 Å². The first-order valence-electron chi connectivity index (χ1n) is 7.62. The fourth-order valence-corrected chi connectivity index (χ4v) is 2.37. The van der Waals surface area contributed by atoms with Crippen LogP contribution in [-0.4, -0.2) is 29.3 Å². The number of methoxy groups -OCH3 is 1. The second kappa shape index (κ2) is 12.4. The number of carboxylic acids is 2. The maximum absolute atomic E-state index is 10.2. The maximum Gasteiger partial charge on any atom is 0.335 e. The molecule has 3 aromatic rings. The third-order valence-corrected chi connectivity index (χ3v) is 3.76. The summed E-state index contributed by atoms with van der Waals surface area (Å²) < 4.78 is 4.90. The zero-order chi connectivity index (χ0) is 19.2. The lowest BCUT2D eigenvalue weighted by atomic mass is 10.2. The van der Waals surface area contributed by atoms with Gasteiger partial charge in [-0.05, 0) is 35.7 Å². The zero-order valence-electron chi connectivity index (χ0n) is 14.2. The first kappa shape index (κ1) is 21.1. The van der Waals surface area contributed by atoms with Crippen LogP contribution in [0.4, 0.5) is 0 Å². The second-order valence-electron chi connectivity index (χ2n) is 4.85. The number of ether oxygens (including phenoxy) is 1. The molecule has 0 unspecified atom stereocenters. The van der Waals surface area contributed by atoms with Gasteiger partial charge in [-0.25, -0.2) is 9.59 Å². The molecule has 1 aromatic heterocycles. The van der Waals surface area contributed by atoms with Gasteiger partial charge in [0.05, 0.1) is 17.7 Å². The Morgan fingerprint density at radius 2 is 1.27 bits per heavy atom. The molecule has 0 atom stereocenters. The molecule has 5 nitrogen and oxygen atoms in total. The monoisotopic (exact) mass is 372 g/mol. The van der Waals surface area contributed by atoms with E-state index >= 15 is 0 Å². The third kappa shape index (κ3) is 8.77. The van der Waals surface area contributed by atoms with E-state index in [1.54, 1.807) is 79.1 Å². The Balaban J connectivity index is 0.000000195. The Bertz CT molecular complexity index is 706. The molecular formula is C20H20O5S. The first-order chi connectivity index (χ1) is 12.5. The lowest BCUT2D eigenvalue weighted by molar-refractivity contribution is 0.0686. The zero-order valence-corrected chi connectivity index (χ0v) is 15.1. The van der Waals surface area contributed by atoms with Crippen LogP contribution in [0.3, 0.4) is 0 Å². The molecule has 0 aliphatic carbocycles. The summed E-state index contributed by atoms with van der Waals surface area (Å²) in [4.78, 5) is 21.7. The summed E-state index contributed by atoms with van der Waals surface area (Å²) in [7, 11) is 1.71. The van der Waals surface area contributed by atoms with Crippen LogP contribution in [0.15, 0.2) is 78.2 Å². The number of carboxylic acid groups (broad SMARTS) is 2. The highest BCUT2D eigenvalue weighted by molar-refractivity contribution is 7.09. The van der Waals surface area contributed by atoms with Crippen LogP contribution in [-0.2, 0) is 11.3 Å². The first-order valence-corrected chi connectivity index (χ1v) is 8.50. The predicted molar refractivity (Wildman–Crippen MR) is 102 cm³/mol. The summed E-state index contributed by atoms with van der Waals surface area (Å²) in [5.41, 5.74) is 0.662. The van der Waals surface area contributed by atoms with Crippen LogP contribution in [0, 0.1) is 0 Å². The summed E-state index contributed by atoms with van der Waals surface area (Å²) in [6.07, 6.45) is 0. The number of aromatic carboxylic acids is 2. The number of hydrogen-bond donors (Lipinski definition) is 2. The van der Waals surface area contributed by atoms with Crippen molar-refractivity contribution in [1.82, 2.24) is 0 Å². The molecule has 0 aliphatic heterocycles. The average Bonchev–Trinajstić information content (AvgIpc) is 3.18. The predicted octanol–water partition coefficient (Wildman–Crippen LogP) is 4.66. The van der Waals surface area contributed by atoms with Gasteiger partial charge in [-0.1, -0.05) is 42.5 Å². The van der Waals surface area contributed by atoms with Crippen molar-refractivity contribution in [2.45, 2.75) is 6.61 Å². The fourth-order valence-electron chi connectivity index (χ4n) is 1.70. The van der Waals surface area contributed by atoms with E-state index < -0.39 is 11.9 Å². The smallest absolute Gasteiger partial charge is 0.335 e. The SMILES string of the molecule is COCc1cccs1.O=C(O)c1ccccc1.O=C(O)c1ccccc1. The van der Waals surface area contributed by atoms with Crippen LogP contribution in [0.1, 0.15) is 25.6 Å². The van der Waals surface area contributed by atoms with Gasteiger partial charge in [0.1, 0.15) is 0 Å². The minimum absolute atomic E-state index is 0.331. The molecular weight excluding hydrogens is 352 g/mol. The van der Waals surface area contributed by atoms with E-state index in [1.807, 2.05) is 11.4 Å². The molecule has 0 spiro atoms. The van der Waals surface area contributed by atoms with E-state index in [1.165, 1.54) is 4.88 Å². The molecule has 3 rings (SSSR count). The molecule has 0 saturated carbocycles. The molecule has 0 bridgehead atoms. The lowest BCUT2D eigenvalue weighted by Crippen LogP contribution is -1.93. The molecule has 2 aromatic carbocycles. The van der Waals surface area contributed by atoms with E-state index in [9.17, 15) is 9.59 Å². The van der Waals surface area contributed by atoms with Gasteiger partial charge >= 0.3 is 11.9 Å². The molecule has 0 amide bonds. The quantitative estimate of drug-likeness (QED) is 0.696. The highest BCUT2D eigenvalue weighted by Crippen LogP contribution is 2.08. The Morgan fingerprint density at radius 3 is 1.54 bits per heavy atom. The highest BCUT2D eigenvalue weighted by Gasteiger charge is 1.97. The van der Waals surface area contributed by atoms with Crippen molar-refractivity contribution in [3.63, 3.8) is 0 Å². The number of hydrogen-bond acceptors (Lipinski definition) is 4. The third-order valence-electron chi connectivity index (χ3n) is 2.91. The normalized spacial score (nSPS) is 9.12. The van der Waals surface area contributed by atoms with Crippen molar-refractivity contribution < 1.29 is 24.5 Å². The van der Waals surface area contributed by atoms with E-state index in [0.29, 0.717) is 11.1 Å². The topological polar surface area (TPSA) is 83.8 Å². The molecule has 26 heavy (non-hydrogen) atoms. The van der Waals surface area contributed by atoms with Crippen molar-refractivity contribution in [2.75, 3.05) is 7.11 Å². The maximum atomic E-state index is 10.2. The molecule has 0 aliphatic rings. The second-order valence-corrected chi connectivity index (χ2v) is 5.89. The molecule has 0 fully saturated rings. The van der Waals surface area contributed by atoms with E-state index in [2.05, 4.69) is 6.07 Å². The minimum atomic E-state index is -0.879. The van der Waals surface area contributed by atoms with Gasteiger partial charge < -0.3 is 14.9 Å². The van der Waals surface area contributed by atoms with Crippen molar-refractivity contribution in [3.05, 3.63) is 94.2 Å². The summed E-state index contributed by atoms with van der Waals surface area (Å²) in [5, 5.41) is 18.8. The van der Waals surface area contributed by atoms with Gasteiger partial charge in [-0.2, -0.15) is 0 Å². The minimum Gasteiger partial charge on any atom is -0.478 e. The number of thiophene rings is 1. The van der Waals surface area contributed by atoms with Crippen LogP contribution in [0.5, 0.6) is 0 Å². The van der Waals surface area contributed by atoms with Crippen LogP contribution in [0.2, 0.25) is 0 Å². The Labute approximate surface area is 156 Å². The van der Waals surface area contributed by atoms with Crippen molar-refractivity contribution in [1.29, 1.82) is 0 Å². The van der Waals surface area contributed by atoms with Gasteiger partial charge in [0.25, 0.3) is 0 Å².